The van der Waals surface area contributed by atoms with E-state index in [1.165, 1.54) is 10.6 Å². The third kappa shape index (κ3) is 5.63. The van der Waals surface area contributed by atoms with E-state index in [0.29, 0.717) is 29.7 Å². The minimum atomic E-state index is -1.69. The first-order valence-electron chi connectivity index (χ1n) is 7.31. The summed E-state index contributed by atoms with van der Waals surface area (Å²) in [5.74, 6) is 0.288. The fourth-order valence-corrected chi connectivity index (χ4v) is 2.31. The Balaban J connectivity index is 1.94. The van der Waals surface area contributed by atoms with Crippen LogP contribution in [-0.2, 0) is 15.9 Å². The number of benzene rings is 1. The Bertz CT molecular complexity index is 783. The van der Waals surface area contributed by atoms with E-state index >= 15 is 0 Å². The van der Waals surface area contributed by atoms with Gasteiger partial charge in [0, 0.05) is 6.42 Å². The summed E-state index contributed by atoms with van der Waals surface area (Å²) in [5.41, 5.74) is 1.40. The van der Waals surface area contributed by atoms with Crippen LogP contribution in [-0.4, -0.2) is 38.6 Å². The van der Waals surface area contributed by atoms with E-state index in [1.54, 1.807) is 6.07 Å². The van der Waals surface area contributed by atoms with Gasteiger partial charge in [-0.3, -0.25) is 9.36 Å². The number of hydrogen-bond donors (Lipinski definition) is 0. The molecule has 0 saturated heterocycles. The summed E-state index contributed by atoms with van der Waals surface area (Å²) in [6.45, 7) is 3.18. The number of aryl methyl sites for hydroxylation is 1. The predicted octanol–water partition coefficient (Wildman–Crippen LogP) is 4.32. The van der Waals surface area contributed by atoms with E-state index in [4.69, 9.17) is 39.5 Å². The smallest absolute Gasteiger partial charge is 0.434 e. The molecule has 0 amide bonds. The molecule has 25 heavy (non-hydrogen) atoms. The number of allylic oxidation sites excluding steroid dienone is 1. The standard InChI is InChI=1S/C16H15Cl3N2O4/c1-2-14(22)21-12-7-4-3-6-11(12)20-13(21)8-5-9-24-15(23)25-10-16(17,18)19/h2-4,6-7H,1,5,8-10H2. The summed E-state index contributed by atoms with van der Waals surface area (Å²) in [6, 6.07) is 7.28. The van der Waals surface area contributed by atoms with Crippen LogP contribution in [0, 0.1) is 0 Å². The summed E-state index contributed by atoms with van der Waals surface area (Å²) in [6.07, 6.45) is 1.16. The number of aromatic nitrogens is 2. The highest BCUT2D eigenvalue weighted by Crippen LogP contribution is 2.26. The van der Waals surface area contributed by atoms with Gasteiger partial charge in [0.25, 0.3) is 5.91 Å². The lowest BCUT2D eigenvalue weighted by molar-refractivity contribution is 0.0557. The van der Waals surface area contributed by atoms with Crippen LogP contribution in [0.5, 0.6) is 0 Å². The molecule has 6 nitrogen and oxygen atoms in total. The third-order valence-corrected chi connectivity index (χ3v) is 3.47. The zero-order chi connectivity index (χ0) is 18.4. The van der Waals surface area contributed by atoms with Crippen LogP contribution < -0.4 is 0 Å². The zero-order valence-electron chi connectivity index (χ0n) is 13.1. The fourth-order valence-electron chi connectivity index (χ4n) is 2.15. The van der Waals surface area contributed by atoms with Gasteiger partial charge in [0.2, 0.25) is 3.79 Å². The number of ether oxygens (including phenoxy) is 2. The molecule has 0 unspecified atom stereocenters. The molecule has 0 aliphatic carbocycles. The molecule has 0 N–H and O–H groups in total. The van der Waals surface area contributed by atoms with Crippen molar-refractivity contribution in [3.05, 3.63) is 42.7 Å². The molecule has 0 spiro atoms. The van der Waals surface area contributed by atoms with Crippen LogP contribution in [0.4, 0.5) is 4.79 Å². The molecule has 9 heteroatoms. The van der Waals surface area contributed by atoms with Gasteiger partial charge < -0.3 is 9.47 Å². The summed E-state index contributed by atoms with van der Waals surface area (Å²) in [5, 5.41) is 0. The maximum atomic E-state index is 12.1. The second-order valence-corrected chi connectivity index (χ2v) is 7.52. The SMILES string of the molecule is C=CC(=O)n1c(CCCOC(=O)OCC(Cl)(Cl)Cl)nc2ccccc21. The van der Waals surface area contributed by atoms with Crippen LogP contribution >= 0.6 is 34.8 Å². The highest BCUT2D eigenvalue weighted by molar-refractivity contribution is 6.67. The highest BCUT2D eigenvalue weighted by atomic mass is 35.6. The van der Waals surface area contributed by atoms with Crippen molar-refractivity contribution in [1.29, 1.82) is 0 Å². The van der Waals surface area contributed by atoms with Crippen molar-refractivity contribution in [2.24, 2.45) is 0 Å². The summed E-state index contributed by atoms with van der Waals surface area (Å²) in [4.78, 5) is 27.9. The first-order chi connectivity index (χ1) is 11.8. The molecule has 0 fully saturated rings. The predicted molar refractivity (Wildman–Crippen MR) is 96.5 cm³/mol. The second kappa shape index (κ2) is 8.56. The molecule has 0 atom stereocenters. The lowest BCUT2D eigenvalue weighted by Crippen LogP contribution is -2.18. The van der Waals surface area contributed by atoms with E-state index in [-0.39, 0.29) is 12.5 Å². The molecular formula is C16H15Cl3N2O4. The first kappa shape index (κ1) is 19.6. The van der Waals surface area contributed by atoms with Gasteiger partial charge in [0.1, 0.15) is 12.4 Å². The molecule has 2 aromatic rings. The molecular weight excluding hydrogens is 391 g/mol. The van der Waals surface area contributed by atoms with Crippen molar-refractivity contribution in [3.8, 4) is 0 Å². The molecule has 1 aromatic carbocycles. The quantitative estimate of drug-likeness (QED) is 0.310. The Hall–Kier alpha value is -1.76. The largest absolute Gasteiger partial charge is 0.508 e. The number of nitrogens with zero attached hydrogens (tertiary/aromatic N) is 2. The van der Waals surface area contributed by atoms with Gasteiger partial charge in [-0.2, -0.15) is 0 Å². The number of halogens is 3. The van der Waals surface area contributed by atoms with E-state index in [0.717, 1.165) is 0 Å². The number of hydrogen-bond acceptors (Lipinski definition) is 5. The van der Waals surface area contributed by atoms with Crippen molar-refractivity contribution in [3.63, 3.8) is 0 Å². The Morgan fingerprint density at radius 1 is 1.24 bits per heavy atom. The fraction of sp³-hybridized carbons (Fsp3) is 0.312. The number of imidazole rings is 1. The highest BCUT2D eigenvalue weighted by Gasteiger charge is 2.22. The molecule has 1 aromatic heterocycles. The van der Waals surface area contributed by atoms with Crippen molar-refractivity contribution < 1.29 is 19.1 Å². The number of fused-ring (bicyclic) bond motifs is 1. The Morgan fingerprint density at radius 2 is 1.96 bits per heavy atom. The lowest BCUT2D eigenvalue weighted by Gasteiger charge is -2.11. The van der Waals surface area contributed by atoms with Crippen LogP contribution in [0.3, 0.4) is 0 Å². The number of rotatable bonds is 6. The van der Waals surface area contributed by atoms with E-state index in [1.807, 2.05) is 18.2 Å². The van der Waals surface area contributed by atoms with Gasteiger partial charge in [0.05, 0.1) is 17.6 Å². The van der Waals surface area contributed by atoms with Gasteiger partial charge >= 0.3 is 6.16 Å². The second-order valence-electron chi connectivity index (χ2n) is 5.00. The Morgan fingerprint density at radius 3 is 2.64 bits per heavy atom. The van der Waals surface area contributed by atoms with Crippen molar-refractivity contribution >= 4 is 57.9 Å². The maximum Gasteiger partial charge on any atom is 0.508 e. The van der Waals surface area contributed by atoms with Crippen molar-refractivity contribution in [2.75, 3.05) is 13.2 Å². The van der Waals surface area contributed by atoms with Gasteiger partial charge in [0.15, 0.2) is 0 Å². The first-order valence-corrected chi connectivity index (χ1v) is 8.44. The average molecular weight is 406 g/mol. The van der Waals surface area contributed by atoms with E-state index < -0.39 is 16.6 Å². The van der Waals surface area contributed by atoms with E-state index in [2.05, 4.69) is 16.3 Å². The molecule has 0 saturated carbocycles. The minimum Gasteiger partial charge on any atom is -0.434 e. The molecule has 0 aliphatic rings. The van der Waals surface area contributed by atoms with Gasteiger partial charge in [-0.1, -0.05) is 53.5 Å². The average Bonchev–Trinajstić information content (AvgIpc) is 2.94. The lowest BCUT2D eigenvalue weighted by atomic mass is 10.3. The number of alkyl halides is 3. The third-order valence-electron chi connectivity index (χ3n) is 3.14. The Kier molecular flexibility index (Phi) is 6.70. The van der Waals surface area contributed by atoms with E-state index in [9.17, 15) is 9.59 Å². The van der Waals surface area contributed by atoms with Crippen LogP contribution in [0.1, 0.15) is 17.0 Å². The Labute approximate surface area is 159 Å². The number of para-hydroxylation sites is 2. The summed E-state index contributed by atoms with van der Waals surface area (Å²) in [7, 11) is 0. The van der Waals surface area contributed by atoms with Gasteiger partial charge in [-0.25, -0.2) is 9.78 Å². The number of carbonyl (C=O) groups excluding carboxylic acids is 2. The van der Waals surface area contributed by atoms with Gasteiger partial charge in [-0.05, 0) is 24.6 Å². The van der Waals surface area contributed by atoms with Crippen molar-refractivity contribution in [1.82, 2.24) is 9.55 Å². The molecule has 1 heterocycles. The minimum absolute atomic E-state index is 0.0736. The summed E-state index contributed by atoms with van der Waals surface area (Å²) >= 11 is 16.4. The molecule has 0 radical (unpaired) electrons. The zero-order valence-corrected chi connectivity index (χ0v) is 15.4. The van der Waals surface area contributed by atoms with Crippen molar-refractivity contribution in [2.45, 2.75) is 16.6 Å². The molecule has 2 rings (SSSR count). The monoisotopic (exact) mass is 404 g/mol. The topological polar surface area (TPSA) is 70.4 Å². The van der Waals surface area contributed by atoms with Crippen LogP contribution in [0.25, 0.3) is 11.0 Å². The normalized spacial score (nSPS) is 11.3. The summed E-state index contributed by atoms with van der Waals surface area (Å²) < 4.78 is 9.33. The molecule has 134 valence electrons. The van der Waals surface area contributed by atoms with Crippen LogP contribution in [0.2, 0.25) is 0 Å². The molecule has 0 aliphatic heterocycles. The van der Waals surface area contributed by atoms with Crippen LogP contribution in [0.15, 0.2) is 36.9 Å². The number of carbonyl (C=O) groups is 2. The molecule has 0 bridgehead atoms. The van der Waals surface area contributed by atoms with Gasteiger partial charge in [-0.15, -0.1) is 0 Å². The maximum absolute atomic E-state index is 12.1.